The van der Waals surface area contributed by atoms with Gasteiger partial charge < -0.3 is 4.90 Å². The highest BCUT2D eigenvalue weighted by Gasteiger charge is 2.34. The fourth-order valence-corrected chi connectivity index (χ4v) is 4.66. The summed E-state index contributed by atoms with van der Waals surface area (Å²) in [6.07, 6.45) is -3.99. The lowest BCUT2D eigenvalue weighted by Gasteiger charge is -2.36. The monoisotopic (exact) mass is 426 g/mol. The van der Waals surface area contributed by atoms with Crippen LogP contribution in [-0.2, 0) is 27.4 Å². The average molecular weight is 426 g/mol. The molecule has 0 aromatic heterocycles. The summed E-state index contributed by atoms with van der Waals surface area (Å²) in [4.78, 5) is 13.9. The minimum atomic E-state index is -4.66. The van der Waals surface area contributed by atoms with Gasteiger partial charge in [0.2, 0.25) is 15.9 Å². The molecule has 9 heteroatoms. The molecule has 0 N–H and O–H groups in total. The molecule has 0 saturated carbocycles. The first-order chi connectivity index (χ1) is 13.5. The molecular formula is C20H21F3N2O3S. The fraction of sp³-hybridized carbons (Fsp3) is 0.350. The minimum absolute atomic E-state index is 0.211. The van der Waals surface area contributed by atoms with Crippen LogP contribution in [0.25, 0.3) is 0 Å². The Labute approximate surface area is 167 Å². The van der Waals surface area contributed by atoms with Gasteiger partial charge in [0, 0.05) is 13.6 Å². The first-order valence-corrected chi connectivity index (χ1v) is 10.5. The fourth-order valence-electron chi connectivity index (χ4n) is 3.49. The molecule has 1 aliphatic rings. The maximum absolute atomic E-state index is 12.9. The van der Waals surface area contributed by atoms with Crippen molar-refractivity contribution in [3.8, 4) is 0 Å². The van der Waals surface area contributed by atoms with Crippen molar-refractivity contribution in [2.45, 2.75) is 30.5 Å². The maximum atomic E-state index is 12.9. The van der Waals surface area contributed by atoms with E-state index < -0.39 is 39.1 Å². The second kappa shape index (κ2) is 7.79. The SMILES string of the molecule is CC1c2ccccc2CCN1C(=O)CN(C)S(=O)(=O)c1cccc(C(F)(F)F)c1. The standard InChI is InChI=1S/C20H21F3N2O3S/c1-14-18-9-4-3-6-15(18)10-11-25(14)19(26)13-24(2)29(27,28)17-8-5-7-16(12-17)20(21,22)23/h3-9,12,14H,10-11,13H2,1-2H3. The van der Waals surface area contributed by atoms with Gasteiger partial charge in [0.05, 0.1) is 23.0 Å². The first-order valence-electron chi connectivity index (χ1n) is 9.02. The summed E-state index contributed by atoms with van der Waals surface area (Å²) < 4.78 is 64.9. The zero-order chi connectivity index (χ0) is 21.4. The highest BCUT2D eigenvalue weighted by molar-refractivity contribution is 7.89. The first kappa shape index (κ1) is 21.3. The average Bonchev–Trinajstić information content (AvgIpc) is 2.67. The Morgan fingerprint density at radius 2 is 1.86 bits per heavy atom. The molecule has 0 aliphatic carbocycles. The van der Waals surface area contributed by atoms with Crippen LogP contribution in [0, 0.1) is 0 Å². The number of benzene rings is 2. The molecule has 2 aromatic carbocycles. The predicted molar refractivity (Wildman–Crippen MR) is 102 cm³/mol. The maximum Gasteiger partial charge on any atom is 0.416 e. The van der Waals surface area contributed by atoms with Gasteiger partial charge in [-0.2, -0.15) is 17.5 Å². The molecule has 1 amide bonds. The Bertz CT molecular complexity index is 1020. The van der Waals surface area contributed by atoms with Gasteiger partial charge in [0.25, 0.3) is 0 Å². The number of hydrogen-bond acceptors (Lipinski definition) is 3. The lowest BCUT2D eigenvalue weighted by molar-refractivity contribution is -0.138. The van der Waals surface area contributed by atoms with Gasteiger partial charge in [-0.25, -0.2) is 8.42 Å². The summed E-state index contributed by atoms with van der Waals surface area (Å²) in [5, 5.41) is 0. The van der Waals surface area contributed by atoms with Crippen LogP contribution in [0.15, 0.2) is 53.4 Å². The van der Waals surface area contributed by atoms with Crippen molar-refractivity contribution in [3.63, 3.8) is 0 Å². The molecule has 1 atom stereocenters. The van der Waals surface area contributed by atoms with Gasteiger partial charge in [0.15, 0.2) is 0 Å². The zero-order valence-corrected chi connectivity index (χ0v) is 16.8. The Morgan fingerprint density at radius 1 is 1.17 bits per heavy atom. The lowest BCUT2D eigenvalue weighted by Crippen LogP contribution is -2.44. The number of fused-ring (bicyclic) bond motifs is 1. The molecule has 156 valence electrons. The molecule has 1 unspecified atom stereocenters. The topological polar surface area (TPSA) is 57.7 Å². The Balaban J connectivity index is 1.78. The summed E-state index contributed by atoms with van der Waals surface area (Å²) in [6.45, 7) is 1.87. The van der Waals surface area contributed by atoms with Crippen LogP contribution in [0.5, 0.6) is 0 Å². The van der Waals surface area contributed by atoms with Crippen LogP contribution in [0.2, 0.25) is 0 Å². The number of nitrogens with zero attached hydrogens (tertiary/aromatic N) is 2. The summed E-state index contributed by atoms with van der Waals surface area (Å²) in [5.41, 5.74) is 1.10. The summed E-state index contributed by atoms with van der Waals surface area (Å²) in [6, 6.07) is 11.0. The summed E-state index contributed by atoms with van der Waals surface area (Å²) >= 11 is 0. The van der Waals surface area contributed by atoms with Crippen LogP contribution in [0.1, 0.15) is 29.7 Å². The molecule has 0 radical (unpaired) electrons. The molecule has 0 spiro atoms. The van der Waals surface area contributed by atoms with Crippen LogP contribution in [0.3, 0.4) is 0 Å². The molecule has 1 heterocycles. The molecule has 3 rings (SSSR count). The normalized spacial score (nSPS) is 17.3. The third kappa shape index (κ3) is 4.30. The molecular weight excluding hydrogens is 405 g/mol. The molecule has 5 nitrogen and oxygen atoms in total. The van der Waals surface area contributed by atoms with Crippen LogP contribution >= 0.6 is 0 Å². The van der Waals surface area contributed by atoms with Crippen molar-refractivity contribution >= 4 is 15.9 Å². The van der Waals surface area contributed by atoms with Crippen LogP contribution < -0.4 is 0 Å². The number of sulfonamides is 1. The van der Waals surface area contributed by atoms with Crippen LogP contribution in [0.4, 0.5) is 13.2 Å². The van der Waals surface area contributed by atoms with E-state index in [9.17, 15) is 26.4 Å². The molecule has 0 saturated heterocycles. The van der Waals surface area contributed by atoms with E-state index in [1.165, 1.54) is 7.05 Å². The number of carbonyl (C=O) groups excluding carboxylic acids is 1. The Hall–Kier alpha value is -2.39. The summed E-state index contributed by atoms with van der Waals surface area (Å²) in [5.74, 6) is -0.398. The molecule has 29 heavy (non-hydrogen) atoms. The van der Waals surface area contributed by atoms with Gasteiger partial charge in [-0.15, -0.1) is 0 Å². The number of rotatable bonds is 4. The third-order valence-corrected chi connectivity index (χ3v) is 6.94. The van der Waals surface area contributed by atoms with Gasteiger partial charge in [-0.1, -0.05) is 30.3 Å². The highest BCUT2D eigenvalue weighted by Crippen LogP contribution is 2.32. The van der Waals surface area contributed by atoms with Crippen molar-refractivity contribution in [2.24, 2.45) is 0 Å². The number of carbonyl (C=O) groups is 1. The third-order valence-electron chi connectivity index (χ3n) is 5.14. The van der Waals surface area contributed by atoms with E-state index in [-0.39, 0.29) is 6.04 Å². The van der Waals surface area contributed by atoms with Crippen molar-refractivity contribution in [1.82, 2.24) is 9.21 Å². The van der Waals surface area contributed by atoms with Gasteiger partial charge >= 0.3 is 6.18 Å². The van der Waals surface area contributed by atoms with E-state index in [0.717, 1.165) is 33.6 Å². The Kier molecular flexibility index (Phi) is 5.73. The van der Waals surface area contributed by atoms with Gasteiger partial charge in [0.1, 0.15) is 0 Å². The van der Waals surface area contributed by atoms with E-state index in [1.807, 2.05) is 31.2 Å². The van der Waals surface area contributed by atoms with Crippen molar-refractivity contribution in [2.75, 3.05) is 20.1 Å². The number of amides is 1. The highest BCUT2D eigenvalue weighted by atomic mass is 32.2. The number of alkyl halides is 3. The van der Waals surface area contributed by atoms with Gasteiger partial charge in [-0.05, 0) is 42.7 Å². The summed E-state index contributed by atoms with van der Waals surface area (Å²) in [7, 11) is -3.06. The van der Waals surface area contributed by atoms with Crippen molar-refractivity contribution in [1.29, 1.82) is 0 Å². The van der Waals surface area contributed by atoms with Gasteiger partial charge in [-0.3, -0.25) is 4.79 Å². The predicted octanol–water partition coefficient (Wildman–Crippen LogP) is 3.47. The second-order valence-electron chi connectivity index (χ2n) is 7.00. The van der Waals surface area contributed by atoms with Crippen molar-refractivity contribution < 1.29 is 26.4 Å². The number of likely N-dealkylation sites (N-methyl/N-ethyl adjacent to an activating group) is 1. The minimum Gasteiger partial charge on any atom is -0.334 e. The number of hydrogen-bond donors (Lipinski definition) is 0. The van der Waals surface area contributed by atoms with E-state index in [1.54, 1.807) is 4.90 Å². The molecule has 0 bridgehead atoms. The second-order valence-corrected chi connectivity index (χ2v) is 9.04. The smallest absolute Gasteiger partial charge is 0.334 e. The number of halogens is 3. The van der Waals surface area contributed by atoms with Crippen LogP contribution in [-0.4, -0.2) is 43.7 Å². The molecule has 0 fully saturated rings. The largest absolute Gasteiger partial charge is 0.416 e. The van der Waals surface area contributed by atoms with E-state index in [0.29, 0.717) is 19.0 Å². The molecule has 1 aliphatic heterocycles. The zero-order valence-electron chi connectivity index (χ0n) is 16.0. The van der Waals surface area contributed by atoms with E-state index >= 15 is 0 Å². The quantitative estimate of drug-likeness (QED) is 0.752. The van der Waals surface area contributed by atoms with E-state index in [2.05, 4.69) is 0 Å². The van der Waals surface area contributed by atoms with E-state index in [4.69, 9.17) is 0 Å². The lowest BCUT2D eigenvalue weighted by atomic mass is 9.93. The van der Waals surface area contributed by atoms with Crippen molar-refractivity contribution in [3.05, 3.63) is 65.2 Å². The Morgan fingerprint density at radius 3 is 2.55 bits per heavy atom. The molecule has 2 aromatic rings.